The zero-order valence-electron chi connectivity index (χ0n) is 16.6. The van der Waals surface area contributed by atoms with Gasteiger partial charge in [-0.2, -0.15) is 0 Å². The summed E-state index contributed by atoms with van der Waals surface area (Å²) in [7, 11) is 0. The molecule has 0 radical (unpaired) electrons. The number of carbonyl (C=O) groups excluding carboxylic acids is 3. The van der Waals surface area contributed by atoms with Crippen molar-refractivity contribution in [3.8, 4) is 0 Å². The molecule has 1 aromatic carbocycles. The number of piperidine rings is 3. The van der Waals surface area contributed by atoms with Crippen molar-refractivity contribution in [2.45, 2.75) is 63.7 Å². The fourth-order valence-corrected chi connectivity index (χ4v) is 5.40. The molecule has 4 aliphatic heterocycles. The Morgan fingerprint density at radius 2 is 1.97 bits per heavy atom. The summed E-state index contributed by atoms with van der Waals surface area (Å²) in [6, 6.07) is 6.21. The number of carbonyl (C=O) groups is 3. The van der Waals surface area contributed by atoms with Gasteiger partial charge in [0.1, 0.15) is 6.04 Å². The van der Waals surface area contributed by atoms with Crippen LogP contribution in [0.15, 0.2) is 18.2 Å². The lowest BCUT2D eigenvalue weighted by molar-refractivity contribution is -0.136. The van der Waals surface area contributed by atoms with E-state index in [4.69, 9.17) is 0 Å². The van der Waals surface area contributed by atoms with Gasteiger partial charge in [-0.25, -0.2) is 0 Å². The van der Waals surface area contributed by atoms with Gasteiger partial charge >= 0.3 is 0 Å². The lowest BCUT2D eigenvalue weighted by Crippen LogP contribution is -2.55. The number of nitrogens with one attached hydrogen (secondary N) is 3. The Kier molecular flexibility index (Phi) is 4.67. The Morgan fingerprint density at radius 1 is 1.14 bits per heavy atom. The topological polar surface area (TPSA) is 90.5 Å². The van der Waals surface area contributed by atoms with Crippen LogP contribution in [0, 0.1) is 5.41 Å². The summed E-state index contributed by atoms with van der Waals surface area (Å²) >= 11 is 0. The molecule has 1 unspecified atom stereocenters. The largest absolute Gasteiger partial charge is 0.322 e. The van der Waals surface area contributed by atoms with E-state index < -0.39 is 6.04 Å². The third-order valence-electron chi connectivity index (χ3n) is 7.23. The van der Waals surface area contributed by atoms with E-state index in [9.17, 15) is 14.4 Å². The second kappa shape index (κ2) is 7.22. The molecule has 1 aromatic rings. The molecule has 7 heteroatoms. The number of rotatable bonds is 5. The van der Waals surface area contributed by atoms with Crippen LogP contribution in [0.25, 0.3) is 0 Å². The van der Waals surface area contributed by atoms with Gasteiger partial charge in [-0.05, 0) is 54.7 Å². The first kappa shape index (κ1) is 18.8. The lowest BCUT2D eigenvalue weighted by Gasteiger charge is -2.47. The molecule has 2 bridgehead atoms. The third kappa shape index (κ3) is 3.46. The van der Waals surface area contributed by atoms with Crippen LogP contribution in [0.1, 0.15) is 60.0 Å². The minimum atomic E-state index is -0.554. The molecular formula is C22H28N4O3. The Labute approximate surface area is 170 Å². The number of benzene rings is 1. The van der Waals surface area contributed by atoms with E-state index in [0.29, 0.717) is 23.9 Å². The van der Waals surface area contributed by atoms with E-state index in [1.165, 1.54) is 25.7 Å². The van der Waals surface area contributed by atoms with Crippen molar-refractivity contribution >= 4 is 17.7 Å². The van der Waals surface area contributed by atoms with Gasteiger partial charge in [0.05, 0.1) is 0 Å². The highest BCUT2D eigenvalue weighted by Gasteiger charge is 2.40. The van der Waals surface area contributed by atoms with Crippen molar-refractivity contribution in [1.29, 1.82) is 0 Å². The maximum absolute atomic E-state index is 12.9. The van der Waals surface area contributed by atoms with Crippen LogP contribution in [0.3, 0.4) is 0 Å². The summed E-state index contributed by atoms with van der Waals surface area (Å²) < 4.78 is 0. The molecule has 1 saturated carbocycles. The molecule has 3 saturated heterocycles. The Balaban J connectivity index is 1.22. The van der Waals surface area contributed by atoms with Crippen LogP contribution in [0.5, 0.6) is 0 Å². The van der Waals surface area contributed by atoms with Gasteiger partial charge in [-0.1, -0.05) is 12.1 Å². The maximum atomic E-state index is 12.9. The number of hydrogen-bond acceptors (Lipinski definition) is 5. The van der Waals surface area contributed by atoms with Crippen molar-refractivity contribution in [2.75, 3.05) is 13.1 Å². The monoisotopic (exact) mass is 396 g/mol. The quantitative estimate of drug-likeness (QED) is 0.648. The predicted molar refractivity (Wildman–Crippen MR) is 107 cm³/mol. The standard InChI is InChI=1S/C22H28N4O3/c27-19-4-3-18(20(28)25-19)26-11-15-2-1-14(9-17(15)21(26)29)10-23-12-22-7-5-16(6-8-22)24-13-22/h1-2,9,16,18,23-24H,3-8,10-13H2,(H,25,27,28). The van der Waals surface area contributed by atoms with Crippen LogP contribution in [0.2, 0.25) is 0 Å². The van der Waals surface area contributed by atoms with Gasteiger partial charge < -0.3 is 15.5 Å². The average molecular weight is 396 g/mol. The molecule has 1 aliphatic carbocycles. The number of nitrogens with zero attached hydrogens (tertiary/aromatic N) is 1. The number of imide groups is 1. The minimum Gasteiger partial charge on any atom is -0.322 e. The first-order chi connectivity index (χ1) is 14.0. The Morgan fingerprint density at radius 3 is 2.69 bits per heavy atom. The van der Waals surface area contributed by atoms with E-state index in [1.54, 1.807) is 4.90 Å². The molecule has 6 rings (SSSR count). The van der Waals surface area contributed by atoms with E-state index in [1.807, 2.05) is 12.1 Å². The number of amides is 3. The lowest BCUT2D eigenvalue weighted by atomic mass is 9.68. The molecule has 4 heterocycles. The summed E-state index contributed by atoms with van der Waals surface area (Å²) in [5, 5.41) is 9.61. The first-order valence-electron chi connectivity index (χ1n) is 10.7. The van der Waals surface area contributed by atoms with Gasteiger partial charge in [0.25, 0.3) is 5.91 Å². The Bertz CT molecular complexity index is 846. The van der Waals surface area contributed by atoms with Crippen molar-refractivity contribution in [3.05, 3.63) is 34.9 Å². The van der Waals surface area contributed by atoms with Crippen LogP contribution >= 0.6 is 0 Å². The Hall–Kier alpha value is -2.25. The normalized spacial score (nSPS) is 31.2. The SMILES string of the molecule is O=C1CCC(N2Cc3ccc(CNCC45CCC(CC4)NC5)cc3C2=O)C(=O)N1. The molecule has 29 heavy (non-hydrogen) atoms. The van der Waals surface area contributed by atoms with E-state index in [0.717, 1.165) is 36.8 Å². The summed E-state index contributed by atoms with van der Waals surface area (Å²) in [5.41, 5.74) is 3.11. The molecule has 1 atom stereocenters. The minimum absolute atomic E-state index is 0.107. The van der Waals surface area contributed by atoms with E-state index >= 15 is 0 Å². The van der Waals surface area contributed by atoms with Crippen LogP contribution in [0.4, 0.5) is 0 Å². The second-order valence-corrected chi connectivity index (χ2v) is 9.15. The van der Waals surface area contributed by atoms with Crippen LogP contribution < -0.4 is 16.0 Å². The summed E-state index contributed by atoms with van der Waals surface area (Å²) in [5.74, 6) is -0.728. The molecule has 5 aliphatic rings. The van der Waals surface area contributed by atoms with Gasteiger partial charge in [0, 0.05) is 44.2 Å². The molecule has 7 nitrogen and oxygen atoms in total. The predicted octanol–water partition coefficient (Wildman–Crippen LogP) is 1.07. The van der Waals surface area contributed by atoms with Gasteiger partial charge in [0.2, 0.25) is 11.8 Å². The summed E-state index contributed by atoms with van der Waals surface area (Å²) in [6.45, 7) is 3.28. The van der Waals surface area contributed by atoms with Gasteiger partial charge in [0.15, 0.2) is 0 Å². The molecule has 0 spiro atoms. The molecule has 3 N–H and O–H groups in total. The second-order valence-electron chi connectivity index (χ2n) is 9.15. The highest BCUT2D eigenvalue weighted by Crippen LogP contribution is 2.39. The zero-order valence-corrected chi connectivity index (χ0v) is 16.6. The van der Waals surface area contributed by atoms with Crippen molar-refractivity contribution in [2.24, 2.45) is 5.41 Å². The van der Waals surface area contributed by atoms with Gasteiger partial charge in [-0.15, -0.1) is 0 Å². The van der Waals surface area contributed by atoms with Gasteiger partial charge in [-0.3, -0.25) is 19.7 Å². The average Bonchev–Trinajstić information content (AvgIpc) is 3.05. The van der Waals surface area contributed by atoms with E-state index in [2.05, 4.69) is 22.0 Å². The molecule has 4 fully saturated rings. The zero-order chi connectivity index (χ0) is 20.0. The van der Waals surface area contributed by atoms with Crippen LogP contribution in [-0.2, 0) is 22.7 Å². The van der Waals surface area contributed by atoms with Crippen LogP contribution in [-0.4, -0.2) is 47.8 Å². The third-order valence-corrected chi connectivity index (χ3v) is 7.23. The van der Waals surface area contributed by atoms with Crippen molar-refractivity contribution in [1.82, 2.24) is 20.9 Å². The highest BCUT2D eigenvalue weighted by atomic mass is 16.2. The highest BCUT2D eigenvalue weighted by molar-refractivity contribution is 6.05. The number of fused-ring (bicyclic) bond motifs is 4. The van der Waals surface area contributed by atoms with Crippen molar-refractivity contribution < 1.29 is 14.4 Å². The number of hydrogen-bond donors (Lipinski definition) is 3. The smallest absolute Gasteiger partial charge is 0.255 e. The maximum Gasteiger partial charge on any atom is 0.255 e. The fourth-order valence-electron chi connectivity index (χ4n) is 5.40. The molecular weight excluding hydrogens is 368 g/mol. The van der Waals surface area contributed by atoms with Crippen molar-refractivity contribution in [3.63, 3.8) is 0 Å². The van der Waals surface area contributed by atoms with E-state index in [-0.39, 0.29) is 24.1 Å². The first-order valence-corrected chi connectivity index (χ1v) is 10.7. The molecule has 0 aromatic heterocycles. The summed E-state index contributed by atoms with van der Waals surface area (Å²) in [6.07, 6.45) is 5.83. The summed E-state index contributed by atoms with van der Waals surface area (Å²) in [4.78, 5) is 38.1. The molecule has 154 valence electrons. The molecule has 3 amide bonds. The fraction of sp³-hybridized carbons (Fsp3) is 0.591.